The molecule has 0 spiro atoms. The van der Waals surface area contributed by atoms with Gasteiger partial charge in [-0.05, 0) is 11.1 Å². The first-order valence-electron chi connectivity index (χ1n) is 6.47. The summed E-state index contributed by atoms with van der Waals surface area (Å²) in [5, 5.41) is 18.0. The van der Waals surface area contributed by atoms with Gasteiger partial charge in [0.25, 0.3) is 0 Å². The molecular formula is C14H16N2O5. The zero-order valence-electron chi connectivity index (χ0n) is 11.2. The summed E-state index contributed by atoms with van der Waals surface area (Å²) in [6.07, 6.45) is -0.333. The summed E-state index contributed by atoms with van der Waals surface area (Å²) in [7, 11) is 0. The van der Waals surface area contributed by atoms with Gasteiger partial charge in [-0.3, -0.25) is 9.59 Å². The van der Waals surface area contributed by atoms with Gasteiger partial charge in [0.05, 0.1) is 12.5 Å². The van der Waals surface area contributed by atoms with Crippen molar-refractivity contribution in [2.24, 2.45) is 5.73 Å². The maximum absolute atomic E-state index is 12.2. The summed E-state index contributed by atoms with van der Waals surface area (Å²) in [5.74, 6) is -2.97. The van der Waals surface area contributed by atoms with E-state index in [0.29, 0.717) is 0 Å². The molecular weight excluding hydrogens is 276 g/mol. The first kappa shape index (κ1) is 15.0. The smallest absolute Gasteiger partial charge is 0.326 e. The molecule has 2 rings (SSSR count). The van der Waals surface area contributed by atoms with Gasteiger partial charge in [0, 0.05) is 13.0 Å². The summed E-state index contributed by atoms with van der Waals surface area (Å²) in [6, 6.07) is 4.99. The van der Waals surface area contributed by atoms with Gasteiger partial charge in [-0.2, -0.15) is 0 Å². The number of nitrogens with zero attached hydrogens (tertiary/aromatic N) is 1. The monoisotopic (exact) mass is 292 g/mol. The standard InChI is InChI=1S/C14H16N2O5/c15-10(6-12(17)18)13(19)16-7-9-4-2-1-3-8(9)5-11(16)14(20)21/h1-4,10-11H,5-7,15H2,(H,17,18)(H,20,21)/t10-,11-/m0/s1. The molecule has 0 saturated heterocycles. The van der Waals surface area contributed by atoms with Gasteiger partial charge in [-0.15, -0.1) is 0 Å². The zero-order valence-corrected chi connectivity index (χ0v) is 11.2. The van der Waals surface area contributed by atoms with Crippen LogP contribution in [0.15, 0.2) is 24.3 Å². The molecule has 0 aromatic heterocycles. The normalized spacial score (nSPS) is 18.7. The number of carboxylic acids is 2. The molecule has 0 unspecified atom stereocenters. The fourth-order valence-electron chi connectivity index (χ4n) is 2.46. The Hall–Kier alpha value is -2.41. The Labute approximate surface area is 121 Å². The Morgan fingerprint density at radius 2 is 1.86 bits per heavy atom. The number of carbonyl (C=O) groups is 3. The van der Waals surface area contributed by atoms with E-state index in [1.54, 1.807) is 6.07 Å². The van der Waals surface area contributed by atoms with Crippen LogP contribution in [0.4, 0.5) is 0 Å². The number of nitrogens with two attached hydrogens (primary N) is 1. The van der Waals surface area contributed by atoms with Gasteiger partial charge in [-0.25, -0.2) is 4.79 Å². The van der Waals surface area contributed by atoms with Crippen LogP contribution < -0.4 is 5.73 Å². The second-order valence-corrected chi connectivity index (χ2v) is 5.00. The highest BCUT2D eigenvalue weighted by atomic mass is 16.4. The minimum atomic E-state index is -1.24. The highest BCUT2D eigenvalue weighted by molar-refractivity contribution is 5.90. The third-order valence-electron chi connectivity index (χ3n) is 3.53. The highest BCUT2D eigenvalue weighted by Gasteiger charge is 2.36. The van der Waals surface area contributed by atoms with Crippen LogP contribution in [0.25, 0.3) is 0 Å². The van der Waals surface area contributed by atoms with E-state index >= 15 is 0 Å². The second-order valence-electron chi connectivity index (χ2n) is 5.00. The molecule has 1 amide bonds. The van der Waals surface area contributed by atoms with Crippen molar-refractivity contribution in [3.63, 3.8) is 0 Å². The van der Waals surface area contributed by atoms with Crippen molar-refractivity contribution >= 4 is 17.8 Å². The van der Waals surface area contributed by atoms with Crippen LogP contribution in [0, 0.1) is 0 Å². The number of carboxylic acid groups (broad SMARTS) is 2. The first-order chi connectivity index (χ1) is 9.90. The number of hydrogen-bond acceptors (Lipinski definition) is 4. The molecule has 0 saturated carbocycles. The van der Waals surface area contributed by atoms with Crippen molar-refractivity contribution in [3.05, 3.63) is 35.4 Å². The van der Waals surface area contributed by atoms with Crippen LogP contribution in [0.2, 0.25) is 0 Å². The molecule has 4 N–H and O–H groups in total. The molecule has 1 aliphatic rings. The van der Waals surface area contributed by atoms with Gasteiger partial charge < -0.3 is 20.8 Å². The molecule has 1 aromatic rings. The average Bonchev–Trinajstić information content (AvgIpc) is 2.44. The molecule has 112 valence electrons. The third-order valence-corrected chi connectivity index (χ3v) is 3.53. The van der Waals surface area contributed by atoms with E-state index in [-0.39, 0.29) is 13.0 Å². The van der Waals surface area contributed by atoms with Gasteiger partial charge in [0.2, 0.25) is 5.91 Å². The molecule has 0 fully saturated rings. The largest absolute Gasteiger partial charge is 0.481 e. The maximum atomic E-state index is 12.2. The first-order valence-corrected chi connectivity index (χ1v) is 6.47. The number of carbonyl (C=O) groups excluding carboxylic acids is 1. The van der Waals surface area contributed by atoms with Crippen molar-refractivity contribution in [2.45, 2.75) is 31.5 Å². The Morgan fingerprint density at radius 1 is 1.24 bits per heavy atom. The minimum absolute atomic E-state index is 0.124. The molecule has 1 aliphatic heterocycles. The number of aliphatic carboxylic acids is 2. The van der Waals surface area contributed by atoms with Gasteiger partial charge in [0.1, 0.15) is 6.04 Å². The van der Waals surface area contributed by atoms with E-state index in [1.807, 2.05) is 18.2 Å². The van der Waals surface area contributed by atoms with Crippen LogP contribution in [-0.4, -0.2) is 45.0 Å². The maximum Gasteiger partial charge on any atom is 0.326 e. The molecule has 2 atom stereocenters. The van der Waals surface area contributed by atoms with Crippen LogP contribution in [0.1, 0.15) is 17.5 Å². The minimum Gasteiger partial charge on any atom is -0.481 e. The van der Waals surface area contributed by atoms with Crippen molar-refractivity contribution in [3.8, 4) is 0 Å². The molecule has 0 bridgehead atoms. The number of amides is 1. The molecule has 7 heteroatoms. The lowest BCUT2D eigenvalue weighted by molar-refractivity contribution is -0.152. The Balaban J connectivity index is 2.26. The third kappa shape index (κ3) is 3.19. The molecule has 0 radical (unpaired) electrons. The van der Waals surface area contributed by atoms with Crippen LogP contribution in [-0.2, 0) is 27.3 Å². The number of hydrogen-bond donors (Lipinski definition) is 3. The Kier molecular flexibility index (Phi) is 4.23. The van der Waals surface area contributed by atoms with E-state index in [2.05, 4.69) is 0 Å². The zero-order chi connectivity index (χ0) is 15.6. The predicted molar refractivity (Wildman–Crippen MR) is 72.3 cm³/mol. The predicted octanol–water partition coefficient (Wildman–Crippen LogP) is -0.174. The summed E-state index contributed by atoms with van der Waals surface area (Å²) in [5.41, 5.74) is 7.29. The quantitative estimate of drug-likeness (QED) is 0.708. The van der Waals surface area contributed by atoms with Crippen LogP contribution in [0.5, 0.6) is 0 Å². The average molecular weight is 292 g/mol. The fraction of sp³-hybridized carbons (Fsp3) is 0.357. The summed E-state index contributed by atoms with van der Waals surface area (Å²) in [4.78, 5) is 35.4. The van der Waals surface area contributed by atoms with E-state index in [1.165, 1.54) is 0 Å². The molecule has 0 aliphatic carbocycles. The lowest BCUT2D eigenvalue weighted by Crippen LogP contribution is -2.54. The number of benzene rings is 1. The Morgan fingerprint density at radius 3 is 2.43 bits per heavy atom. The molecule has 1 heterocycles. The van der Waals surface area contributed by atoms with Crippen LogP contribution in [0.3, 0.4) is 0 Å². The van der Waals surface area contributed by atoms with Gasteiger partial charge >= 0.3 is 11.9 Å². The van der Waals surface area contributed by atoms with E-state index in [9.17, 15) is 19.5 Å². The molecule has 21 heavy (non-hydrogen) atoms. The lowest BCUT2D eigenvalue weighted by atomic mass is 9.93. The van der Waals surface area contributed by atoms with Crippen molar-refractivity contribution < 1.29 is 24.6 Å². The molecule has 1 aromatic carbocycles. The summed E-state index contributed by atoms with van der Waals surface area (Å²) in [6.45, 7) is 0.124. The van der Waals surface area contributed by atoms with E-state index < -0.39 is 36.4 Å². The topological polar surface area (TPSA) is 121 Å². The van der Waals surface area contributed by atoms with Crippen molar-refractivity contribution in [1.82, 2.24) is 4.90 Å². The molecule has 7 nitrogen and oxygen atoms in total. The van der Waals surface area contributed by atoms with Crippen molar-refractivity contribution in [2.75, 3.05) is 0 Å². The van der Waals surface area contributed by atoms with E-state index in [0.717, 1.165) is 16.0 Å². The lowest BCUT2D eigenvalue weighted by Gasteiger charge is -2.35. The van der Waals surface area contributed by atoms with Gasteiger partial charge in [0.15, 0.2) is 0 Å². The SMILES string of the molecule is N[C@@H](CC(=O)O)C(=O)N1Cc2ccccc2C[C@H]1C(=O)O. The fourth-order valence-corrected chi connectivity index (χ4v) is 2.46. The van der Waals surface area contributed by atoms with Gasteiger partial charge in [-0.1, -0.05) is 24.3 Å². The van der Waals surface area contributed by atoms with Crippen LogP contribution >= 0.6 is 0 Å². The van der Waals surface area contributed by atoms with E-state index in [4.69, 9.17) is 10.8 Å². The summed E-state index contributed by atoms with van der Waals surface area (Å²) < 4.78 is 0. The van der Waals surface area contributed by atoms with Crippen molar-refractivity contribution in [1.29, 1.82) is 0 Å². The second kappa shape index (κ2) is 5.92. The number of fused-ring (bicyclic) bond motifs is 1. The Bertz CT molecular complexity index is 586. The highest BCUT2D eigenvalue weighted by Crippen LogP contribution is 2.24. The summed E-state index contributed by atoms with van der Waals surface area (Å²) >= 11 is 0. The number of rotatable bonds is 4.